The number of anilines is 1. The molecule has 3 heterocycles. The van der Waals surface area contributed by atoms with Crippen molar-refractivity contribution in [3.05, 3.63) is 14.2 Å². The summed E-state index contributed by atoms with van der Waals surface area (Å²) in [5, 5.41) is 0.577. The van der Waals surface area contributed by atoms with E-state index < -0.39 is 0 Å². The lowest BCUT2D eigenvalue weighted by Gasteiger charge is -2.14. The van der Waals surface area contributed by atoms with Crippen molar-refractivity contribution >= 4 is 49.1 Å². The van der Waals surface area contributed by atoms with Gasteiger partial charge in [-0.3, -0.25) is 9.78 Å². The Labute approximate surface area is 104 Å². The summed E-state index contributed by atoms with van der Waals surface area (Å²) in [6, 6.07) is 0. The highest BCUT2D eigenvalue weighted by atomic mass is 32.9. The zero-order valence-electron chi connectivity index (χ0n) is 8.36. The number of rotatable bonds is 1. The van der Waals surface area contributed by atoms with Crippen molar-refractivity contribution in [1.29, 1.82) is 0 Å². The monoisotopic (exact) mass is 271 g/mol. The molecule has 0 atom stereocenters. The summed E-state index contributed by atoms with van der Waals surface area (Å²) >= 11 is 5.11. The summed E-state index contributed by atoms with van der Waals surface area (Å²) < 4.78 is 0.640. The van der Waals surface area contributed by atoms with E-state index in [0.29, 0.717) is 15.2 Å². The van der Waals surface area contributed by atoms with Gasteiger partial charge in [0.1, 0.15) is 14.0 Å². The van der Waals surface area contributed by atoms with E-state index in [-0.39, 0.29) is 5.56 Å². The first-order valence-electron chi connectivity index (χ1n) is 5.04. The SMILES string of the molecule is O=c1[nH]c(N2CCCC2)nc2ssc(=S)c12. The summed E-state index contributed by atoms with van der Waals surface area (Å²) in [7, 11) is 2.92. The Bertz CT molecular complexity index is 635. The van der Waals surface area contributed by atoms with Crippen LogP contribution in [0.25, 0.3) is 10.2 Å². The molecule has 3 rings (SSSR count). The van der Waals surface area contributed by atoms with Gasteiger partial charge in [-0.15, -0.1) is 0 Å². The number of nitrogens with one attached hydrogen (secondary N) is 1. The van der Waals surface area contributed by atoms with E-state index in [1.807, 2.05) is 0 Å². The normalized spacial score (nSPS) is 16.1. The number of H-pyrrole nitrogens is 1. The molecule has 0 radical (unpaired) electrons. The lowest BCUT2D eigenvalue weighted by Crippen LogP contribution is -2.23. The molecule has 0 aliphatic carbocycles. The van der Waals surface area contributed by atoms with E-state index in [9.17, 15) is 4.79 Å². The zero-order valence-corrected chi connectivity index (χ0v) is 10.8. The molecule has 0 spiro atoms. The Kier molecular flexibility index (Phi) is 2.53. The van der Waals surface area contributed by atoms with Crippen LogP contribution in [0, 0.1) is 3.82 Å². The lowest BCUT2D eigenvalue weighted by molar-refractivity contribution is 0.902. The largest absolute Gasteiger partial charge is 0.342 e. The van der Waals surface area contributed by atoms with Gasteiger partial charge in [0.15, 0.2) is 0 Å². The van der Waals surface area contributed by atoms with Crippen LogP contribution in [-0.2, 0) is 0 Å². The van der Waals surface area contributed by atoms with Crippen molar-refractivity contribution < 1.29 is 0 Å². The van der Waals surface area contributed by atoms with Gasteiger partial charge < -0.3 is 4.90 Å². The fourth-order valence-electron chi connectivity index (χ4n) is 1.88. The zero-order chi connectivity index (χ0) is 11.1. The van der Waals surface area contributed by atoms with Gasteiger partial charge >= 0.3 is 0 Å². The van der Waals surface area contributed by atoms with Crippen molar-refractivity contribution in [2.75, 3.05) is 18.0 Å². The van der Waals surface area contributed by atoms with Gasteiger partial charge in [0.2, 0.25) is 5.95 Å². The number of fused-ring (bicyclic) bond motifs is 1. The van der Waals surface area contributed by atoms with Crippen molar-refractivity contribution in [2.24, 2.45) is 0 Å². The topological polar surface area (TPSA) is 49.0 Å². The third-order valence-corrected chi connectivity index (χ3v) is 5.57. The fourth-order valence-corrected chi connectivity index (χ4v) is 4.41. The molecule has 0 unspecified atom stereocenters. The summed E-state index contributed by atoms with van der Waals surface area (Å²) in [6.07, 6.45) is 2.34. The molecule has 1 aliphatic rings. The minimum absolute atomic E-state index is 0.102. The Hall–Kier alpha value is -0.790. The Morgan fingerprint density at radius 3 is 2.81 bits per heavy atom. The molecule has 1 saturated heterocycles. The van der Waals surface area contributed by atoms with Crippen LogP contribution in [0.5, 0.6) is 0 Å². The summed E-state index contributed by atoms with van der Waals surface area (Å²) in [5.41, 5.74) is -0.102. The van der Waals surface area contributed by atoms with Crippen LogP contribution in [0.1, 0.15) is 12.8 Å². The van der Waals surface area contributed by atoms with Crippen molar-refractivity contribution in [3.63, 3.8) is 0 Å². The second-order valence-electron chi connectivity index (χ2n) is 3.72. The predicted octanol–water partition coefficient (Wildman–Crippen LogP) is 2.38. The van der Waals surface area contributed by atoms with Gasteiger partial charge in [-0.1, -0.05) is 32.9 Å². The molecule has 16 heavy (non-hydrogen) atoms. The van der Waals surface area contributed by atoms with Crippen molar-refractivity contribution in [1.82, 2.24) is 9.97 Å². The van der Waals surface area contributed by atoms with Gasteiger partial charge in [-0.05, 0) is 12.8 Å². The molecular formula is C9H9N3OS3. The quantitative estimate of drug-likeness (QED) is 0.639. The standard InChI is InChI=1S/C9H9N3OS3/c13-6-5-7(15-16-8(5)14)11-9(10-6)12-3-1-2-4-12/h1-4H2,(H,10,11,13). The molecule has 1 N–H and O–H groups in total. The minimum atomic E-state index is -0.102. The first-order chi connectivity index (χ1) is 7.75. The van der Waals surface area contributed by atoms with Gasteiger partial charge in [0, 0.05) is 13.1 Å². The number of nitrogens with zero attached hydrogens (tertiary/aromatic N) is 2. The van der Waals surface area contributed by atoms with Crippen LogP contribution >= 0.6 is 32.9 Å². The second kappa shape index (κ2) is 3.90. The Morgan fingerprint density at radius 1 is 1.31 bits per heavy atom. The maximum atomic E-state index is 11.9. The first kappa shape index (κ1) is 10.4. The molecule has 0 saturated carbocycles. The lowest BCUT2D eigenvalue weighted by atomic mass is 10.4. The molecule has 1 fully saturated rings. The van der Waals surface area contributed by atoms with E-state index in [1.165, 1.54) is 33.5 Å². The van der Waals surface area contributed by atoms with Crippen LogP contribution in [0.15, 0.2) is 4.79 Å². The molecule has 7 heteroatoms. The molecule has 84 valence electrons. The fraction of sp³-hybridized carbons (Fsp3) is 0.444. The average molecular weight is 271 g/mol. The van der Waals surface area contributed by atoms with Crippen molar-refractivity contribution in [3.8, 4) is 0 Å². The van der Waals surface area contributed by atoms with E-state index in [2.05, 4.69) is 14.9 Å². The van der Waals surface area contributed by atoms with E-state index in [4.69, 9.17) is 12.2 Å². The van der Waals surface area contributed by atoms with E-state index >= 15 is 0 Å². The van der Waals surface area contributed by atoms with Crippen LogP contribution in [-0.4, -0.2) is 23.1 Å². The molecule has 0 aromatic carbocycles. The van der Waals surface area contributed by atoms with E-state index in [0.717, 1.165) is 17.9 Å². The summed E-state index contributed by atoms with van der Waals surface area (Å²) in [6.45, 7) is 1.95. The van der Waals surface area contributed by atoms with Gasteiger partial charge in [0.05, 0.1) is 0 Å². The Morgan fingerprint density at radius 2 is 2.06 bits per heavy atom. The first-order valence-corrected chi connectivity index (χ1v) is 7.59. The highest BCUT2D eigenvalue weighted by molar-refractivity contribution is 7.81. The maximum Gasteiger partial charge on any atom is 0.263 e. The number of aromatic amines is 1. The second-order valence-corrected chi connectivity index (χ2v) is 6.51. The third-order valence-electron chi connectivity index (χ3n) is 2.68. The molecule has 4 nitrogen and oxygen atoms in total. The summed E-state index contributed by atoms with van der Waals surface area (Å²) in [4.78, 5) is 22.0. The predicted molar refractivity (Wildman–Crippen MR) is 70.4 cm³/mol. The van der Waals surface area contributed by atoms with Gasteiger partial charge in [0.25, 0.3) is 5.56 Å². The third kappa shape index (κ3) is 1.59. The Balaban J connectivity index is 2.21. The smallest absolute Gasteiger partial charge is 0.263 e. The molecule has 2 aromatic rings. The maximum absolute atomic E-state index is 11.9. The molecule has 0 amide bonds. The van der Waals surface area contributed by atoms with Crippen molar-refractivity contribution in [2.45, 2.75) is 12.8 Å². The van der Waals surface area contributed by atoms with E-state index in [1.54, 1.807) is 0 Å². The number of hydrogen-bond donors (Lipinski definition) is 1. The van der Waals surface area contributed by atoms with Crippen LogP contribution in [0.4, 0.5) is 5.95 Å². The molecular weight excluding hydrogens is 262 g/mol. The van der Waals surface area contributed by atoms with Gasteiger partial charge in [-0.2, -0.15) is 0 Å². The molecule has 2 aromatic heterocycles. The highest BCUT2D eigenvalue weighted by Crippen LogP contribution is 2.25. The van der Waals surface area contributed by atoms with Gasteiger partial charge in [-0.25, -0.2) is 4.98 Å². The highest BCUT2D eigenvalue weighted by Gasteiger charge is 2.16. The van der Waals surface area contributed by atoms with Crippen LogP contribution < -0.4 is 10.5 Å². The molecule has 1 aliphatic heterocycles. The number of hydrogen-bond acceptors (Lipinski definition) is 6. The number of aromatic nitrogens is 2. The minimum Gasteiger partial charge on any atom is -0.342 e. The van der Waals surface area contributed by atoms with Crippen LogP contribution in [0.3, 0.4) is 0 Å². The molecule has 0 bridgehead atoms. The summed E-state index contributed by atoms with van der Waals surface area (Å²) in [5.74, 6) is 0.694. The average Bonchev–Trinajstić information content (AvgIpc) is 2.87. The van der Waals surface area contributed by atoms with Crippen LogP contribution in [0.2, 0.25) is 0 Å².